The van der Waals surface area contributed by atoms with Gasteiger partial charge in [-0.25, -0.2) is 4.68 Å². The van der Waals surface area contributed by atoms with Gasteiger partial charge in [0.25, 0.3) is 0 Å². The van der Waals surface area contributed by atoms with Crippen LogP contribution in [0.2, 0.25) is 0 Å². The van der Waals surface area contributed by atoms with Crippen LogP contribution in [0.15, 0.2) is 42.7 Å². The van der Waals surface area contributed by atoms with Gasteiger partial charge in [-0.05, 0) is 30.0 Å². The van der Waals surface area contributed by atoms with E-state index in [0.29, 0.717) is 5.25 Å². The van der Waals surface area contributed by atoms with E-state index in [4.69, 9.17) is 0 Å². The van der Waals surface area contributed by atoms with Gasteiger partial charge >= 0.3 is 0 Å². The van der Waals surface area contributed by atoms with Crippen molar-refractivity contribution in [1.82, 2.24) is 15.1 Å². The smallest absolute Gasteiger partial charge is 0.0645 e. The SMILES string of the molecule is CSC(C)CNCc1ccc(-n2cccn2)cc1. The summed E-state index contributed by atoms with van der Waals surface area (Å²) in [4.78, 5) is 0. The lowest BCUT2D eigenvalue weighted by molar-refractivity contribution is 0.684. The molecule has 0 fully saturated rings. The number of nitrogens with one attached hydrogen (secondary N) is 1. The van der Waals surface area contributed by atoms with Crippen molar-refractivity contribution in [2.75, 3.05) is 12.8 Å². The first-order valence-corrected chi connectivity index (χ1v) is 7.41. The van der Waals surface area contributed by atoms with Crippen LogP contribution in [0.1, 0.15) is 12.5 Å². The fourth-order valence-corrected chi connectivity index (χ4v) is 1.98. The first-order valence-electron chi connectivity index (χ1n) is 6.12. The van der Waals surface area contributed by atoms with Gasteiger partial charge in [0.2, 0.25) is 0 Å². The van der Waals surface area contributed by atoms with Crippen LogP contribution in [0.25, 0.3) is 5.69 Å². The van der Waals surface area contributed by atoms with Crippen LogP contribution in [0.5, 0.6) is 0 Å². The highest BCUT2D eigenvalue weighted by Gasteiger charge is 1.99. The Morgan fingerprint density at radius 2 is 2.11 bits per heavy atom. The topological polar surface area (TPSA) is 29.9 Å². The highest BCUT2D eigenvalue weighted by Crippen LogP contribution is 2.09. The van der Waals surface area contributed by atoms with Gasteiger partial charge < -0.3 is 5.32 Å². The van der Waals surface area contributed by atoms with Crippen LogP contribution in [-0.4, -0.2) is 27.8 Å². The fraction of sp³-hybridized carbons (Fsp3) is 0.357. The number of hydrogen-bond acceptors (Lipinski definition) is 3. The second-order valence-corrected chi connectivity index (χ2v) is 5.57. The maximum Gasteiger partial charge on any atom is 0.0645 e. The molecule has 1 aromatic heterocycles. The molecule has 1 unspecified atom stereocenters. The Balaban J connectivity index is 1.88. The maximum absolute atomic E-state index is 4.21. The zero-order valence-corrected chi connectivity index (χ0v) is 11.7. The number of nitrogens with zero attached hydrogens (tertiary/aromatic N) is 2. The molecule has 0 saturated heterocycles. The summed E-state index contributed by atoms with van der Waals surface area (Å²) < 4.78 is 1.87. The molecule has 2 rings (SSSR count). The molecule has 0 bridgehead atoms. The lowest BCUT2D eigenvalue weighted by Crippen LogP contribution is -2.21. The Morgan fingerprint density at radius 3 is 2.72 bits per heavy atom. The molecule has 0 radical (unpaired) electrons. The average Bonchev–Trinajstić information content (AvgIpc) is 2.93. The number of aromatic nitrogens is 2. The number of benzene rings is 1. The molecule has 0 amide bonds. The van der Waals surface area contributed by atoms with Gasteiger partial charge in [-0.1, -0.05) is 19.1 Å². The minimum Gasteiger partial charge on any atom is -0.312 e. The second-order valence-electron chi connectivity index (χ2n) is 4.29. The van der Waals surface area contributed by atoms with E-state index in [9.17, 15) is 0 Å². The van der Waals surface area contributed by atoms with Gasteiger partial charge in [0.15, 0.2) is 0 Å². The molecule has 0 aliphatic heterocycles. The van der Waals surface area contributed by atoms with Crippen LogP contribution in [0, 0.1) is 0 Å². The van der Waals surface area contributed by atoms with Crippen LogP contribution in [-0.2, 0) is 6.54 Å². The van der Waals surface area contributed by atoms with Crippen molar-refractivity contribution < 1.29 is 0 Å². The summed E-state index contributed by atoms with van der Waals surface area (Å²) in [5, 5.41) is 8.33. The quantitative estimate of drug-likeness (QED) is 0.867. The van der Waals surface area contributed by atoms with Gasteiger partial charge in [-0.2, -0.15) is 16.9 Å². The largest absolute Gasteiger partial charge is 0.312 e. The minimum atomic E-state index is 0.661. The van der Waals surface area contributed by atoms with E-state index in [2.05, 4.69) is 47.9 Å². The monoisotopic (exact) mass is 261 g/mol. The second kappa shape index (κ2) is 6.61. The molecule has 0 aliphatic rings. The molecule has 0 aliphatic carbocycles. The molecule has 3 nitrogen and oxygen atoms in total. The molecular formula is C14H19N3S. The van der Waals surface area contributed by atoms with Crippen LogP contribution >= 0.6 is 11.8 Å². The van der Waals surface area contributed by atoms with Crippen LogP contribution in [0.3, 0.4) is 0 Å². The lowest BCUT2D eigenvalue weighted by atomic mass is 10.2. The molecule has 18 heavy (non-hydrogen) atoms. The Kier molecular flexibility index (Phi) is 4.84. The molecule has 4 heteroatoms. The molecule has 2 aromatic rings. The summed E-state index contributed by atoms with van der Waals surface area (Å²) in [6, 6.07) is 10.4. The lowest BCUT2D eigenvalue weighted by Gasteiger charge is -2.10. The van der Waals surface area contributed by atoms with E-state index in [1.165, 1.54) is 5.56 Å². The van der Waals surface area contributed by atoms with Crippen molar-refractivity contribution in [1.29, 1.82) is 0 Å². The Labute approximate surface area is 113 Å². The molecule has 96 valence electrons. The summed E-state index contributed by atoms with van der Waals surface area (Å²) in [6.45, 7) is 4.20. The van der Waals surface area contributed by atoms with E-state index in [0.717, 1.165) is 18.8 Å². The van der Waals surface area contributed by atoms with Crippen molar-refractivity contribution in [3.63, 3.8) is 0 Å². The minimum absolute atomic E-state index is 0.661. The first-order chi connectivity index (χ1) is 8.79. The predicted molar refractivity (Wildman–Crippen MR) is 78.2 cm³/mol. The van der Waals surface area contributed by atoms with Gasteiger partial charge in [-0.15, -0.1) is 0 Å². The molecule has 0 spiro atoms. The third kappa shape index (κ3) is 3.62. The molecule has 0 saturated carbocycles. The van der Waals surface area contributed by atoms with E-state index in [-0.39, 0.29) is 0 Å². The summed E-state index contributed by atoms with van der Waals surface area (Å²) in [6.07, 6.45) is 5.89. The summed E-state index contributed by atoms with van der Waals surface area (Å²) in [5.41, 5.74) is 2.40. The summed E-state index contributed by atoms with van der Waals surface area (Å²) >= 11 is 1.89. The summed E-state index contributed by atoms with van der Waals surface area (Å²) in [7, 11) is 0. The molecule has 1 aromatic carbocycles. The summed E-state index contributed by atoms with van der Waals surface area (Å²) in [5.74, 6) is 0. The Morgan fingerprint density at radius 1 is 1.33 bits per heavy atom. The molecule has 1 atom stereocenters. The van der Waals surface area contributed by atoms with Crippen molar-refractivity contribution >= 4 is 11.8 Å². The Hall–Kier alpha value is -1.26. The van der Waals surface area contributed by atoms with Crippen LogP contribution < -0.4 is 5.32 Å². The molecule has 1 N–H and O–H groups in total. The molecule has 1 heterocycles. The van der Waals surface area contributed by atoms with Crippen molar-refractivity contribution in [2.24, 2.45) is 0 Å². The fourth-order valence-electron chi connectivity index (χ4n) is 1.69. The maximum atomic E-state index is 4.21. The van der Waals surface area contributed by atoms with Crippen molar-refractivity contribution in [2.45, 2.75) is 18.7 Å². The van der Waals surface area contributed by atoms with Crippen LogP contribution in [0.4, 0.5) is 0 Å². The van der Waals surface area contributed by atoms with Gasteiger partial charge in [0.1, 0.15) is 0 Å². The van der Waals surface area contributed by atoms with Crippen molar-refractivity contribution in [3.8, 4) is 5.69 Å². The van der Waals surface area contributed by atoms with E-state index < -0.39 is 0 Å². The van der Waals surface area contributed by atoms with Gasteiger partial charge in [-0.3, -0.25) is 0 Å². The van der Waals surface area contributed by atoms with Gasteiger partial charge in [0, 0.05) is 30.7 Å². The first kappa shape index (κ1) is 13.2. The third-order valence-electron chi connectivity index (χ3n) is 2.87. The predicted octanol–water partition coefficient (Wildman–Crippen LogP) is 2.71. The number of rotatable bonds is 6. The highest BCUT2D eigenvalue weighted by molar-refractivity contribution is 7.99. The number of hydrogen-bond donors (Lipinski definition) is 1. The zero-order valence-electron chi connectivity index (χ0n) is 10.8. The van der Waals surface area contributed by atoms with Crippen molar-refractivity contribution in [3.05, 3.63) is 48.3 Å². The standard InChI is InChI=1S/C14H19N3S/c1-12(18-2)10-15-11-13-4-6-14(7-5-13)17-9-3-8-16-17/h3-9,12,15H,10-11H2,1-2H3. The highest BCUT2D eigenvalue weighted by atomic mass is 32.2. The van der Waals surface area contributed by atoms with E-state index in [1.807, 2.05) is 28.7 Å². The molecular weight excluding hydrogens is 242 g/mol. The average molecular weight is 261 g/mol. The van der Waals surface area contributed by atoms with E-state index in [1.54, 1.807) is 6.20 Å². The van der Waals surface area contributed by atoms with Gasteiger partial charge in [0.05, 0.1) is 5.69 Å². The van der Waals surface area contributed by atoms with E-state index >= 15 is 0 Å². The Bertz CT molecular complexity index is 450. The number of thioether (sulfide) groups is 1. The third-order valence-corrected chi connectivity index (χ3v) is 3.84. The normalized spacial score (nSPS) is 12.6. The zero-order chi connectivity index (χ0) is 12.8.